The van der Waals surface area contributed by atoms with Crippen molar-refractivity contribution in [2.75, 3.05) is 11.1 Å². The van der Waals surface area contributed by atoms with Gasteiger partial charge in [0, 0.05) is 28.9 Å². The van der Waals surface area contributed by atoms with Gasteiger partial charge in [0.15, 0.2) is 0 Å². The Morgan fingerprint density at radius 1 is 1.08 bits per heavy atom. The second-order valence-corrected chi connectivity index (χ2v) is 7.78. The minimum atomic E-state index is -0.00335. The molecule has 2 aromatic carbocycles. The maximum atomic E-state index is 12.0. The van der Waals surface area contributed by atoms with Crippen LogP contribution in [0.15, 0.2) is 48.5 Å². The molecular formula is C20H21ClN2O2S. The molecule has 2 amide bonds. The molecule has 0 heterocycles. The molecule has 3 rings (SSSR count). The predicted molar refractivity (Wildman–Crippen MR) is 107 cm³/mol. The summed E-state index contributed by atoms with van der Waals surface area (Å²) >= 11 is 7.42. The Hall–Kier alpha value is -1.98. The number of thioether (sulfide) groups is 1. The molecule has 4 nitrogen and oxygen atoms in total. The lowest BCUT2D eigenvalue weighted by Crippen LogP contribution is -2.24. The highest BCUT2D eigenvalue weighted by Gasteiger charge is 2.29. The van der Waals surface area contributed by atoms with Crippen molar-refractivity contribution < 1.29 is 9.59 Å². The maximum Gasteiger partial charge on any atom is 0.230 e. The SMILES string of the molecule is O=C(CSCc1ccc(Cl)cc1)NCc1cccc(NC(=O)C2CC2)c1. The van der Waals surface area contributed by atoms with Crippen LogP contribution < -0.4 is 10.6 Å². The van der Waals surface area contributed by atoms with Crippen LogP contribution >= 0.6 is 23.4 Å². The number of rotatable bonds is 8. The normalized spacial score (nSPS) is 13.3. The van der Waals surface area contributed by atoms with Gasteiger partial charge in [-0.1, -0.05) is 35.9 Å². The number of anilines is 1. The Morgan fingerprint density at radius 2 is 1.85 bits per heavy atom. The molecule has 0 aromatic heterocycles. The maximum absolute atomic E-state index is 12.0. The van der Waals surface area contributed by atoms with Crippen LogP contribution in [-0.2, 0) is 21.9 Å². The van der Waals surface area contributed by atoms with Gasteiger partial charge in [-0.2, -0.15) is 0 Å². The molecule has 0 radical (unpaired) electrons. The number of carbonyl (C=O) groups is 2. The summed E-state index contributed by atoms with van der Waals surface area (Å²) in [4.78, 5) is 23.8. The molecule has 136 valence electrons. The molecule has 26 heavy (non-hydrogen) atoms. The summed E-state index contributed by atoms with van der Waals surface area (Å²) in [5, 5.41) is 6.55. The second-order valence-electron chi connectivity index (χ2n) is 6.36. The molecule has 2 N–H and O–H groups in total. The molecule has 0 spiro atoms. The summed E-state index contributed by atoms with van der Waals surface area (Å²) in [5.74, 6) is 1.44. The van der Waals surface area contributed by atoms with Gasteiger partial charge in [-0.25, -0.2) is 0 Å². The minimum absolute atomic E-state index is 0.00335. The monoisotopic (exact) mass is 388 g/mol. The molecule has 1 aliphatic carbocycles. The van der Waals surface area contributed by atoms with Gasteiger partial charge in [-0.15, -0.1) is 11.8 Å². The standard InChI is InChI=1S/C20H21ClN2O2S/c21-17-8-4-14(5-9-17)12-26-13-19(24)22-11-15-2-1-3-18(10-15)23-20(25)16-6-7-16/h1-5,8-10,16H,6-7,11-13H2,(H,22,24)(H,23,25). The van der Waals surface area contributed by atoms with Gasteiger partial charge in [0.2, 0.25) is 11.8 Å². The van der Waals surface area contributed by atoms with E-state index in [2.05, 4.69) is 10.6 Å². The fourth-order valence-corrected chi connectivity index (χ4v) is 3.39. The van der Waals surface area contributed by atoms with Crippen molar-refractivity contribution in [1.82, 2.24) is 5.32 Å². The number of hydrogen-bond acceptors (Lipinski definition) is 3. The largest absolute Gasteiger partial charge is 0.351 e. The van der Waals surface area contributed by atoms with Gasteiger partial charge in [0.1, 0.15) is 0 Å². The molecule has 1 saturated carbocycles. The van der Waals surface area contributed by atoms with Crippen molar-refractivity contribution in [3.05, 3.63) is 64.7 Å². The van der Waals surface area contributed by atoms with E-state index in [-0.39, 0.29) is 17.7 Å². The van der Waals surface area contributed by atoms with E-state index in [0.717, 1.165) is 35.4 Å². The predicted octanol–water partition coefficient (Wildman–Crippen LogP) is 4.24. The zero-order valence-corrected chi connectivity index (χ0v) is 15.9. The third-order valence-corrected chi connectivity index (χ3v) is 5.30. The fraction of sp³-hybridized carbons (Fsp3) is 0.300. The first-order valence-electron chi connectivity index (χ1n) is 8.59. The van der Waals surface area contributed by atoms with E-state index in [1.807, 2.05) is 48.5 Å². The van der Waals surface area contributed by atoms with E-state index in [1.165, 1.54) is 0 Å². The summed E-state index contributed by atoms with van der Waals surface area (Å²) in [7, 11) is 0. The summed E-state index contributed by atoms with van der Waals surface area (Å²) in [6.07, 6.45) is 1.96. The summed E-state index contributed by atoms with van der Waals surface area (Å²) in [6, 6.07) is 15.2. The molecule has 0 bridgehead atoms. The quantitative estimate of drug-likeness (QED) is 0.711. The van der Waals surface area contributed by atoms with Crippen molar-refractivity contribution in [2.24, 2.45) is 5.92 Å². The molecule has 0 aliphatic heterocycles. The van der Waals surface area contributed by atoms with E-state index in [4.69, 9.17) is 11.6 Å². The topological polar surface area (TPSA) is 58.2 Å². The summed E-state index contributed by atoms with van der Waals surface area (Å²) in [5.41, 5.74) is 2.90. The van der Waals surface area contributed by atoms with Crippen molar-refractivity contribution in [1.29, 1.82) is 0 Å². The van der Waals surface area contributed by atoms with Crippen LogP contribution in [0.2, 0.25) is 5.02 Å². The minimum Gasteiger partial charge on any atom is -0.351 e. The summed E-state index contributed by atoms with van der Waals surface area (Å²) in [6.45, 7) is 0.452. The Bertz CT molecular complexity index is 776. The Morgan fingerprint density at radius 3 is 2.58 bits per heavy atom. The van der Waals surface area contributed by atoms with Gasteiger partial charge in [-0.05, 0) is 48.2 Å². The number of nitrogens with one attached hydrogen (secondary N) is 2. The lowest BCUT2D eigenvalue weighted by atomic mass is 10.2. The molecule has 0 saturated heterocycles. The number of benzene rings is 2. The fourth-order valence-electron chi connectivity index (χ4n) is 2.44. The van der Waals surface area contributed by atoms with Gasteiger partial charge >= 0.3 is 0 Å². The molecule has 2 aromatic rings. The first-order chi connectivity index (χ1) is 12.6. The number of halogens is 1. The van der Waals surface area contributed by atoms with E-state index in [0.29, 0.717) is 17.3 Å². The smallest absolute Gasteiger partial charge is 0.230 e. The van der Waals surface area contributed by atoms with Crippen LogP contribution in [-0.4, -0.2) is 17.6 Å². The van der Waals surface area contributed by atoms with Crippen molar-refractivity contribution in [3.63, 3.8) is 0 Å². The highest BCUT2D eigenvalue weighted by Crippen LogP contribution is 2.30. The van der Waals surface area contributed by atoms with E-state index >= 15 is 0 Å². The van der Waals surface area contributed by atoms with Gasteiger partial charge in [0.05, 0.1) is 5.75 Å². The van der Waals surface area contributed by atoms with E-state index < -0.39 is 0 Å². The Labute approximate surface area is 162 Å². The first kappa shape index (κ1) is 18.8. The second kappa shape index (κ2) is 9.10. The lowest BCUT2D eigenvalue weighted by molar-refractivity contribution is -0.119. The highest BCUT2D eigenvalue weighted by atomic mass is 35.5. The third-order valence-electron chi connectivity index (χ3n) is 4.05. The van der Waals surface area contributed by atoms with Crippen molar-refractivity contribution >= 4 is 40.9 Å². The molecule has 1 aliphatic rings. The van der Waals surface area contributed by atoms with Crippen molar-refractivity contribution in [3.8, 4) is 0 Å². The molecular weight excluding hydrogens is 368 g/mol. The van der Waals surface area contributed by atoms with E-state index in [9.17, 15) is 9.59 Å². The van der Waals surface area contributed by atoms with Crippen LogP contribution in [0.3, 0.4) is 0 Å². The number of amides is 2. The zero-order valence-electron chi connectivity index (χ0n) is 14.3. The van der Waals surface area contributed by atoms with Crippen LogP contribution in [0.1, 0.15) is 24.0 Å². The zero-order chi connectivity index (χ0) is 18.4. The highest BCUT2D eigenvalue weighted by molar-refractivity contribution is 7.99. The number of hydrogen-bond donors (Lipinski definition) is 2. The molecule has 1 fully saturated rings. The third kappa shape index (κ3) is 6.07. The summed E-state index contributed by atoms with van der Waals surface area (Å²) < 4.78 is 0. The van der Waals surface area contributed by atoms with Crippen LogP contribution in [0.4, 0.5) is 5.69 Å². The lowest BCUT2D eigenvalue weighted by Gasteiger charge is -2.08. The molecule has 6 heteroatoms. The average molecular weight is 389 g/mol. The van der Waals surface area contributed by atoms with Crippen LogP contribution in [0.25, 0.3) is 0 Å². The van der Waals surface area contributed by atoms with Gasteiger partial charge in [-0.3, -0.25) is 9.59 Å². The number of carbonyl (C=O) groups excluding carboxylic acids is 2. The Balaban J connectivity index is 1.39. The Kier molecular flexibility index (Phi) is 6.58. The van der Waals surface area contributed by atoms with Crippen molar-refractivity contribution in [2.45, 2.75) is 25.1 Å². The van der Waals surface area contributed by atoms with Crippen LogP contribution in [0.5, 0.6) is 0 Å². The first-order valence-corrected chi connectivity index (χ1v) is 10.1. The average Bonchev–Trinajstić information content (AvgIpc) is 3.47. The molecule has 0 unspecified atom stereocenters. The van der Waals surface area contributed by atoms with Gasteiger partial charge < -0.3 is 10.6 Å². The van der Waals surface area contributed by atoms with Crippen LogP contribution in [0, 0.1) is 5.92 Å². The molecule has 0 atom stereocenters. The van der Waals surface area contributed by atoms with Gasteiger partial charge in [0.25, 0.3) is 0 Å². The van der Waals surface area contributed by atoms with E-state index in [1.54, 1.807) is 11.8 Å².